The van der Waals surface area contributed by atoms with Crippen molar-refractivity contribution in [2.45, 2.75) is 18.9 Å². The zero-order valence-corrected chi connectivity index (χ0v) is 10.4. The molecule has 0 unspecified atom stereocenters. The average molecular weight is 250 g/mol. The summed E-state index contributed by atoms with van der Waals surface area (Å²) >= 11 is 0. The van der Waals surface area contributed by atoms with Crippen LogP contribution >= 0.6 is 0 Å². The Hall–Kier alpha value is -1.75. The maximum atomic E-state index is 10.9. The molecule has 1 saturated carbocycles. The Bertz CT molecular complexity index is 444. The van der Waals surface area contributed by atoms with Gasteiger partial charge in [-0.15, -0.1) is 0 Å². The summed E-state index contributed by atoms with van der Waals surface area (Å²) in [5, 5.41) is 8.94. The van der Waals surface area contributed by atoms with Gasteiger partial charge in [0.1, 0.15) is 0 Å². The zero-order chi connectivity index (χ0) is 13.1. The van der Waals surface area contributed by atoms with Crippen molar-refractivity contribution in [3.63, 3.8) is 0 Å². The highest BCUT2D eigenvalue weighted by atomic mass is 16.5. The lowest BCUT2D eigenvalue weighted by Crippen LogP contribution is -2.29. The van der Waals surface area contributed by atoms with E-state index in [-0.39, 0.29) is 5.56 Å². The van der Waals surface area contributed by atoms with Gasteiger partial charge in [-0.3, -0.25) is 0 Å². The van der Waals surface area contributed by atoms with Crippen molar-refractivity contribution in [1.29, 1.82) is 0 Å². The van der Waals surface area contributed by atoms with Gasteiger partial charge in [0.2, 0.25) is 0 Å². The molecule has 2 rings (SSSR count). The first-order valence-corrected chi connectivity index (χ1v) is 6.02. The molecule has 0 aromatic heterocycles. The van der Waals surface area contributed by atoms with Gasteiger partial charge in [-0.05, 0) is 31.0 Å². The number of carboxylic acids is 1. The fourth-order valence-corrected chi connectivity index (χ4v) is 2.02. The number of hydrogen-bond donors (Lipinski definition) is 2. The van der Waals surface area contributed by atoms with Crippen LogP contribution in [0.25, 0.3) is 0 Å². The molecule has 1 aromatic rings. The van der Waals surface area contributed by atoms with Crippen LogP contribution in [0.3, 0.4) is 0 Å². The SMILES string of the molecule is COCCN(c1ccc(C(=O)O)c(N)c1)C1CC1. The van der Waals surface area contributed by atoms with Crippen molar-refractivity contribution in [3.8, 4) is 0 Å². The number of benzene rings is 1. The highest BCUT2D eigenvalue weighted by molar-refractivity contribution is 5.94. The van der Waals surface area contributed by atoms with Crippen molar-refractivity contribution in [1.82, 2.24) is 0 Å². The predicted molar refractivity (Wildman–Crippen MR) is 70.1 cm³/mol. The molecule has 0 spiro atoms. The van der Waals surface area contributed by atoms with Gasteiger partial charge in [-0.1, -0.05) is 0 Å². The molecule has 0 radical (unpaired) electrons. The van der Waals surface area contributed by atoms with Crippen LogP contribution in [0.15, 0.2) is 18.2 Å². The molecule has 0 saturated heterocycles. The number of ether oxygens (including phenoxy) is 1. The van der Waals surface area contributed by atoms with Gasteiger partial charge >= 0.3 is 5.97 Å². The van der Waals surface area contributed by atoms with Crippen LogP contribution in [0.5, 0.6) is 0 Å². The number of hydrogen-bond acceptors (Lipinski definition) is 4. The van der Waals surface area contributed by atoms with E-state index in [1.807, 2.05) is 6.07 Å². The summed E-state index contributed by atoms with van der Waals surface area (Å²) in [6.45, 7) is 1.45. The van der Waals surface area contributed by atoms with Crippen LogP contribution in [0.2, 0.25) is 0 Å². The smallest absolute Gasteiger partial charge is 0.337 e. The molecule has 1 aromatic carbocycles. The number of nitrogens with two attached hydrogens (primary N) is 1. The number of rotatable bonds is 6. The van der Waals surface area contributed by atoms with E-state index in [4.69, 9.17) is 15.6 Å². The van der Waals surface area contributed by atoms with Gasteiger partial charge in [-0.25, -0.2) is 4.79 Å². The summed E-state index contributed by atoms with van der Waals surface area (Å²) in [5.41, 5.74) is 7.20. The highest BCUT2D eigenvalue weighted by Crippen LogP contribution is 2.32. The van der Waals surface area contributed by atoms with Gasteiger partial charge in [0.05, 0.1) is 12.2 Å². The highest BCUT2D eigenvalue weighted by Gasteiger charge is 2.29. The Balaban J connectivity index is 2.19. The molecule has 98 valence electrons. The standard InChI is InChI=1S/C13H18N2O3/c1-18-7-6-15(9-2-3-9)10-4-5-11(13(16)17)12(14)8-10/h4-5,8-9H,2-3,6-7,14H2,1H3,(H,16,17). The summed E-state index contributed by atoms with van der Waals surface area (Å²) in [6, 6.07) is 5.65. The molecule has 1 fully saturated rings. The van der Waals surface area contributed by atoms with E-state index in [0.717, 1.165) is 12.2 Å². The lowest BCUT2D eigenvalue weighted by Gasteiger charge is -2.24. The van der Waals surface area contributed by atoms with E-state index in [9.17, 15) is 4.79 Å². The van der Waals surface area contributed by atoms with Crippen LogP contribution in [-0.4, -0.2) is 37.4 Å². The first-order chi connectivity index (χ1) is 8.63. The van der Waals surface area contributed by atoms with Crippen molar-refractivity contribution < 1.29 is 14.6 Å². The number of carboxylic acid groups (broad SMARTS) is 1. The molecule has 5 nitrogen and oxygen atoms in total. The largest absolute Gasteiger partial charge is 0.478 e. The molecule has 0 amide bonds. The summed E-state index contributed by atoms with van der Waals surface area (Å²) in [5.74, 6) is -0.992. The number of methoxy groups -OCH3 is 1. The topological polar surface area (TPSA) is 75.8 Å². The molecule has 0 heterocycles. The molecule has 5 heteroatoms. The van der Waals surface area contributed by atoms with Gasteiger partial charge in [0, 0.05) is 31.1 Å². The molecular formula is C13H18N2O3. The van der Waals surface area contributed by atoms with E-state index < -0.39 is 5.97 Å². The number of aromatic carboxylic acids is 1. The van der Waals surface area contributed by atoms with Crippen molar-refractivity contribution in [2.24, 2.45) is 0 Å². The van der Waals surface area contributed by atoms with Crippen molar-refractivity contribution >= 4 is 17.3 Å². The second-order valence-electron chi connectivity index (χ2n) is 4.49. The predicted octanol–water partition coefficient (Wildman–Crippen LogP) is 1.58. The first-order valence-electron chi connectivity index (χ1n) is 6.02. The maximum absolute atomic E-state index is 10.9. The Morgan fingerprint density at radius 1 is 1.56 bits per heavy atom. The van der Waals surface area contributed by atoms with Gasteiger partial charge in [0.15, 0.2) is 0 Å². The number of carbonyl (C=O) groups is 1. The van der Waals surface area contributed by atoms with E-state index in [2.05, 4.69) is 4.90 Å². The molecule has 0 aliphatic heterocycles. The summed E-state index contributed by atoms with van der Waals surface area (Å²) in [4.78, 5) is 13.1. The maximum Gasteiger partial charge on any atom is 0.337 e. The van der Waals surface area contributed by atoms with Gasteiger partial charge < -0.3 is 20.5 Å². The third kappa shape index (κ3) is 2.73. The number of nitrogen functional groups attached to an aromatic ring is 1. The Morgan fingerprint density at radius 2 is 2.28 bits per heavy atom. The second-order valence-corrected chi connectivity index (χ2v) is 4.49. The van der Waals surface area contributed by atoms with E-state index in [1.165, 1.54) is 12.8 Å². The van der Waals surface area contributed by atoms with Crippen molar-refractivity contribution in [2.75, 3.05) is 30.9 Å². The van der Waals surface area contributed by atoms with Crippen LogP contribution in [0.4, 0.5) is 11.4 Å². The van der Waals surface area contributed by atoms with E-state index in [0.29, 0.717) is 18.3 Å². The molecule has 0 bridgehead atoms. The van der Waals surface area contributed by atoms with Crippen LogP contribution in [0.1, 0.15) is 23.2 Å². The Kier molecular flexibility index (Phi) is 3.72. The van der Waals surface area contributed by atoms with E-state index >= 15 is 0 Å². The quantitative estimate of drug-likeness (QED) is 0.750. The lowest BCUT2D eigenvalue weighted by molar-refractivity contribution is 0.0698. The summed E-state index contributed by atoms with van der Waals surface area (Å²) in [7, 11) is 1.67. The fourth-order valence-electron chi connectivity index (χ4n) is 2.02. The first kappa shape index (κ1) is 12.7. The minimum Gasteiger partial charge on any atom is -0.478 e. The van der Waals surface area contributed by atoms with Crippen LogP contribution in [-0.2, 0) is 4.74 Å². The minimum absolute atomic E-state index is 0.154. The van der Waals surface area contributed by atoms with Gasteiger partial charge in [-0.2, -0.15) is 0 Å². The van der Waals surface area contributed by atoms with Crippen molar-refractivity contribution in [3.05, 3.63) is 23.8 Å². The molecule has 3 N–H and O–H groups in total. The zero-order valence-electron chi connectivity index (χ0n) is 10.4. The minimum atomic E-state index is -0.992. The number of anilines is 2. The monoisotopic (exact) mass is 250 g/mol. The molecule has 1 aliphatic carbocycles. The van der Waals surface area contributed by atoms with Gasteiger partial charge in [0.25, 0.3) is 0 Å². The third-order valence-corrected chi connectivity index (χ3v) is 3.12. The average Bonchev–Trinajstić information content (AvgIpc) is 3.13. The Labute approximate surface area is 106 Å². The number of nitrogens with zero attached hydrogens (tertiary/aromatic N) is 1. The normalized spacial score (nSPS) is 14.5. The summed E-state index contributed by atoms with van der Waals surface area (Å²) < 4.78 is 5.10. The Morgan fingerprint density at radius 3 is 2.78 bits per heavy atom. The summed E-state index contributed by atoms with van der Waals surface area (Å²) in [6.07, 6.45) is 2.34. The third-order valence-electron chi connectivity index (χ3n) is 3.12. The fraction of sp³-hybridized carbons (Fsp3) is 0.462. The molecule has 0 atom stereocenters. The molecule has 18 heavy (non-hydrogen) atoms. The molecular weight excluding hydrogens is 232 g/mol. The molecule has 1 aliphatic rings. The van der Waals surface area contributed by atoms with E-state index in [1.54, 1.807) is 19.2 Å². The van der Waals surface area contributed by atoms with Crippen LogP contribution in [0, 0.1) is 0 Å². The lowest BCUT2D eigenvalue weighted by atomic mass is 10.1. The van der Waals surface area contributed by atoms with Crippen LogP contribution < -0.4 is 10.6 Å². The second kappa shape index (κ2) is 5.27.